The fourth-order valence-corrected chi connectivity index (χ4v) is 0.756. The van der Waals surface area contributed by atoms with Gasteiger partial charge in [-0.15, -0.1) is 0 Å². The first-order valence-corrected chi connectivity index (χ1v) is 4.14. The van der Waals surface area contributed by atoms with E-state index in [0.29, 0.717) is 11.3 Å². The van der Waals surface area contributed by atoms with Crippen LogP contribution in [0.25, 0.3) is 0 Å². The van der Waals surface area contributed by atoms with Gasteiger partial charge in [0.1, 0.15) is 5.70 Å². The van der Waals surface area contributed by atoms with Gasteiger partial charge < -0.3 is 16.6 Å². The Kier molecular flexibility index (Phi) is 5.33. The second-order valence-electron chi connectivity index (χ2n) is 2.61. The lowest BCUT2D eigenvalue weighted by Gasteiger charge is -1.99. The maximum absolute atomic E-state index is 10.4. The number of carboxylic acids is 1. The molecule has 0 heterocycles. The molecule has 4 heteroatoms. The normalized spacial score (nSPS) is 13.5. The van der Waals surface area contributed by atoms with Gasteiger partial charge in [-0.2, -0.15) is 0 Å². The highest BCUT2D eigenvalue weighted by molar-refractivity contribution is 5.85. The quantitative estimate of drug-likeness (QED) is 0.463. The van der Waals surface area contributed by atoms with Gasteiger partial charge in [-0.1, -0.05) is 31.4 Å². The van der Waals surface area contributed by atoms with Crippen LogP contribution in [-0.4, -0.2) is 11.1 Å². The van der Waals surface area contributed by atoms with Crippen molar-refractivity contribution in [2.45, 2.75) is 0 Å². The molecule has 0 aliphatic heterocycles. The van der Waals surface area contributed by atoms with Gasteiger partial charge in [0.2, 0.25) is 0 Å². The van der Waals surface area contributed by atoms with E-state index in [0.717, 1.165) is 0 Å². The summed E-state index contributed by atoms with van der Waals surface area (Å²) in [5, 5.41) is 8.48. The zero-order valence-electron chi connectivity index (χ0n) is 8.31. The van der Waals surface area contributed by atoms with E-state index in [9.17, 15) is 4.79 Å². The summed E-state index contributed by atoms with van der Waals surface area (Å²) in [7, 11) is 0. The Balaban J connectivity index is 4.92. The summed E-state index contributed by atoms with van der Waals surface area (Å²) in [6.07, 6.45) is 7.38. The number of aliphatic carboxylic acids is 1. The SMILES string of the molecule is C=C/C=C(C=C)/C(N)=C/C=C(\N)C(=O)O. The summed E-state index contributed by atoms with van der Waals surface area (Å²) >= 11 is 0. The lowest BCUT2D eigenvalue weighted by molar-refractivity contribution is -0.132. The van der Waals surface area contributed by atoms with Crippen molar-refractivity contribution >= 4 is 5.97 Å². The van der Waals surface area contributed by atoms with Crippen molar-refractivity contribution < 1.29 is 9.90 Å². The van der Waals surface area contributed by atoms with Crippen LogP contribution in [0.15, 0.2) is 60.5 Å². The molecule has 80 valence electrons. The molecule has 0 amide bonds. The lowest BCUT2D eigenvalue weighted by Crippen LogP contribution is -2.09. The molecule has 5 N–H and O–H groups in total. The maximum atomic E-state index is 10.4. The average molecular weight is 206 g/mol. The predicted octanol–water partition coefficient (Wildman–Crippen LogP) is 1.05. The minimum atomic E-state index is -1.19. The van der Waals surface area contributed by atoms with E-state index in [-0.39, 0.29) is 5.70 Å². The summed E-state index contributed by atoms with van der Waals surface area (Å²) < 4.78 is 0. The molecule has 0 atom stereocenters. The molecule has 0 bridgehead atoms. The molecule has 0 aromatic rings. The van der Waals surface area contributed by atoms with Crippen LogP contribution in [0.4, 0.5) is 0 Å². The van der Waals surface area contributed by atoms with Gasteiger partial charge in [0.15, 0.2) is 0 Å². The van der Waals surface area contributed by atoms with Gasteiger partial charge in [0, 0.05) is 5.70 Å². The Bertz CT molecular complexity index is 363. The van der Waals surface area contributed by atoms with E-state index in [4.69, 9.17) is 16.6 Å². The molecule has 4 nitrogen and oxygen atoms in total. The predicted molar refractivity (Wildman–Crippen MR) is 60.7 cm³/mol. The van der Waals surface area contributed by atoms with Gasteiger partial charge in [-0.25, -0.2) is 4.79 Å². The van der Waals surface area contributed by atoms with Crippen molar-refractivity contribution in [3.63, 3.8) is 0 Å². The first kappa shape index (κ1) is 12.8. The van der Waals surface area contributed by atoms with Crippen LogP contribution in [-0.2, 0) is 4.79 Å². The molecule has 0 saturated heterocycles. The monoisotopic (exact) mass is 206 g/mol. The first-order valence-electron chi connectivity index (χ1n) is 4.14. The number of carbonyl (C=O) groups is 1. The number of allylic oxidation sites excluding steroid dienone is 5. The maximum Gasteiger partial charge on any atom is 0.351 e. The minimum absolute atomic E-state index is 0.278. The zero-order valence-corrected chi connectivity index (χ0v) is 8.31. The van der Waals surface area contributed by atoms with Crippen molar-refractivity contribution in [3.8, 4) is 0 Å². The lowest BCUT2D eigenvalue weighted by atomic mass is 10.1. The Hall–Kier alpha value is -2.23. The summed E-state index contributed by atoms with van der Waals surface area (Å²) in [5.74, 6) is -1.19. The number of hydrogen-bond acceptors (Lipinski definition) is 3. The number of rotatable bonds is 5. The molecule has 0 fully saturated rings. The third-order valence-electron chi connectivity index (χ3n) is 1.54. The molecule has 0 saturated carbocycles. The van der Waals surface area contributed by atoms with Gasteiger partial charge in [0.25, 0.3) is 0 Å². The number of hydrogen-bond donors (Lipinski definition) is 3. The van der Waals surface area contributed by atoms with E-state index >= 15 is 0 Å². The highest BCUT2D eigenvalue weighted by Crippen LogP contribution is 2.05. The summed E-state index contributed by atoms with van der Waals surface area (Å²) in [5.41, 5.74) is 11.6. The van der Waals surface area contributed by atoms with Gasteiger partial charge in [-0.05, 0) is 17.7 Å². The molecule has 0 aliphatic rings. The molecule has 0 spiro atoms. The van der Waals surface area contributed by atoms with Crippen molar-refractivity contribution in [2.75, 3.05) is 0 Å². The van der Waals surface area contributed by atoms with Crippen molar-refractivity contribution in [2.24, 2.45) is 11.5 Å². The van der Waals surface area contributed by atoms with Crippen LogP contribution in [0.1, 0.15) is 0 Å². The molecule has 0 rings (SSSR count). The van der Waals surface area contributed by atoms with E-state index in [1.165, 1.54) is 18.2 Å². The smallest absolute Gasteiger partial charge is 0.351 e. The van der Waals surface area contributed by atoms with Crippen molar-refractivity contribution in [3.05, 3.63) is 60.5 Å². The average Bonchev–Trinajstić information content (AvgIpc) is 2.21. The van der Waals surface area contributed by atoms with Gasteiger partial charge in [0.05, 0.1) is 0 Å². The molecule has 0 aliphatic carbocycles. The van der Waals surface area contributed by atoms with Crippen molar-refractivity contribution in [1.29, 1.82) is 0 Å². The Morgan fingerprint density at radius 3 is 2.00 bits per heavy atom. The Morgan fingerprint density at radius 2 is 1.60 bits per heavy atom. The molecule has 0 radical (unpaired) electrons. The number of carboxylic acid groups (broad SMARTS) is 1. The Labute approximate surface area is 88.6 Å². The van der Waals surface area contributed by atoms with Crippen molar-refractivity contribution in [1.82, 2.24) is 0 Å². The standard InChI is InChI=1S/C11H14N2O2/c1-3-5-8(4-2)9(12)6-7-10(13)11(14)15/h3-7H,1-2,12-13H2,(H,14,15)/b8-5+,9-6-,10-7-. The molecular weight excluding hydrogens is 192 g/mol. The highest BCUT2D eigenvalue weighted by atomic mass is 16.4. The second kappa shape index (κ2) is 6.26. The van der Waals surface area contributed by atoms with Gasteiger partial charge in [-0.3, -0.25) is 0 Å². The molecule has 0 aromatic carbocycles. The van der Waals surface area contributed by atoms with E-state index in [1.54, 1.807) is 12.2 Å². The molecule has 15 heavy (non-hydrogen) atoms. The van der Waals surface area contributed by atoms with E-state index in [2.05, 4.69) is 13.2 Å². The van der Waals surface area contributed by atoms with Crippen LogP contribution >= 0.6 is 0 Å². The van der Waals surface area contributed by atoms with Gasteiger partial charge >= 0.3 is 5.97 Å². The van der Waals surface area contributed by atoms with Crippen LogP contribution in [0, 0.1) is 0 Å². The highest BCUT2D eigenvalue weighted by Gasteiger charge is 1.99. The summed E-state index contributed by atoms with van der Waals surface area (Å²) in [6, 6.07) is 0. The third-order valence-corrected chi connectivity index (χ3v) is 1.54. The topological polar surface area (TPSA) is 89.3 Å². The largest absolute Gasteiger partial charge is 0.477 e. The molecule has 0 unspecified atom stereocenters. The van der Waals surface area contributed by atoms with Crippen LogP contribution in [0.3, 0.4) is 0 Å². The summed E-state index contributed by atoms with van der Waals surface area (Å²) in [6.45, 7) is 7.07. The Morgan fingerprint density at radius 1 is 1.07 bits per heavy atom. The molecular formula is C11H14N2O2. The van der Waals surface area contributed by atoms with E-state index < -0.39 is 5.97 Å². The minimum Gasteiger partial charge on any atom is -0.477 e. The van der Waals surface area contributed by atoms with Crippen LogP contribution < -0.4 is 11.5 Å². The third kappa shape index (κ3) is 4.52. The first-order chi connectivity index (χ1) is 7.02. The van der Waals surface area contributed by atoms with Crippen LogP contribution in [0.2, 0.25) is 0 Å². The fourth-order valence-electron chi connectivity index (χ4n) is 0.756. The fraction of sp³-hybridized carbons (Fsp3) is 0. The van der Waals surface area contributed by atoms with Crippen LogP contribution in [0.5, 0.6) is 0 Å². The number of nitrogens with two attached hydrogens (primary N) is 2. The zero-order chi connectivity index (χ0) is 11.8. The molecule has 0 aromatic heterocycles. The second-order valence-corrected chi connectivity index (χ2v) is 2.61. The van der Waals surface area contributed by atoms with E-state index in [1.807, 2.05) is 0 Å². The summed E-state index contributed by atoms with van der Waals surface area (Å²) in [4.78, 5) is 10.4.